The summed E-state index contributed by atoms with van der Waals surface area (Å²) in [6.07, 6.45) is -2.77. The monoisotopic (exact) mass is 308 g/mol. The molecule has 7 heteroatoms. The number of hydrogen-bond acceptors (Lipinski definition) is 3. The van der Waals surface area contributed by atoms with Crippen LogP contribution in [0.1, 0.15) is 25.8 Å². The van der Waals surface area contributed by atoms with E-state index in [1.807, 2.05) is 13.8 Å². The molecule has 3 nitrogen and oxygen atoms in total. The predicted octanol–water partition coefficient (Wildman–Crippen LogP) is 3.98. The molecule has 0 aromatic carbocycles. The zero-order chi connectivity index (χ0) is 15.1. The third-order valence-corrected chi connectivity index (χ3v) is 4.23. The van der Waals surface area contributed by atoms with Crippen molar-refractivity contribution < 1.29 is 17.9 Å². The zero-order valence-corrected chi connectivity index (χ0v) is 12.1. The normalized spacial score (nSPS) is 25.1. The number of hydrogen-bond donors (Lipinski definition) is 1. The second-order valence-electron chi connectivity index (χ2n) is 5.53. The number of ether oxygens (including phenoxy) is 1. The summed E-state index contributed by atoms with van der Waals surface area (Å²) < 4.78 is 42.9. The number of alkyl halides is 3. The summed E-state index contributed by atoms with van der Waals surface area (Å²) in [5.41, 5.74) is -0.974. The van der Waals surface area contributed by atoms with Gasteiger partial charge in [-0.25, -0.2) is 4.98 Å². The van der Waals surface area contributed by atoms with Gasteiger partial charge in [-0.3, -0.25) is 0 Å². The molecule has 1 fully saturated rings. The van der Waals surface area contributed by atoms with E-state index in [9.17, 15) is 13.2 Å². The summed E-state index contributed by atoms with van der Waals surface area (Å²) in [7, 11) is 1.64. The Balaban J connectivity index is 2.12. The lowest BCUT2D eigenvalue weighted by molar-refractivity contribution is -0.137. The van der Waals surface area contributed by atoms with Gasteiger partial charge in [0.15, 0.2) is 0 Å². The Kier molecular flexibility index (Phi) is 3.90. The quantitative estimate of drug-likeness (QED) is 0.917. The van der Waals surface area contributed by atoms with Gasteiger partial charge in [0.25, 0.3) is 0 Å². The second-order valence-corrected chi connectivity index (χ2v) is 5.94. The van der Waals surface area contributed by atoms with Gasteiger partial charge in [-0.1, -0.05) is 25.4 Å². The molecule has 0 saturated heterocycles. The molecular formula is C13H16ClF3N2O. The molecule has 1 saturated carbocycles. The van der Waals surface area contributed by atoms with E-state index < -0.39 is 11.7 Å². The van der Waals surface area contributed by atoms with Crippen LogP contribution in [-0.4, -0.2) is 24.2 Å². The van der Waals surface area contributed by atoms with E-state index in [1.54, 1.807) is 7.11 Å². The molecule has 2 unspecified atom stereocenters. The maximum atomic E-state index is 12.5. The summed E-state index contributed by atoms with van der Waals surface area (Å²) in [5, 5.41) is 3.06. The first-order chi connectivity index (χ1) is 9.16. The van der Waals surface area contributed by atoms with Gasteiger partial charge in [-0.05, 0) is 12.5 Å². The van der Waals surface area contributed by atoms with Crippen molar-refractivity contribution in [2.24, 2.45) is 5.41 Å². The molecule has 0 bridgehead atoms. The Hall–Kier alpha value is -1.01. The van der Waals surface area contributed by atoms with Gasteiger partial charge in [0.1, 0.15) is 5.82 Å². The lowest BCUT2D eigenvalue weighted by atomic mass is 9.64. The van der Waals surface area contributed by atoms with E-state index in [4.69, 9.17) is 16.3 Å². The molecular weight excluding hydrogens is 293 g/mol. The van der Waals surface area contributed by atoms with Gasteiger partial charge in [-0.15, -0.1) is 0 Å². The second kappa shape index (κ2) is 5.07. The fourth-order valence-corrected chi connectivity index (χ4v) is 2.62. The average molecular weight is 309 g/mol. The maximum Gasteiger partial charge on any atom is 0.417 e. The highest BCUT2D eigenvalue weighted by atomic mass is 35.5. The minimum atomic E-state index is -4.44. The molecule has 1 aromatic heterocycles. The first kappa shape index (κ1) is 15.4. The lowest BCUT2D eigenvalue weighted by Gasteiger charge is -2.51. The van der Waals surface area contributed by atoms with E-state index in [0.717, 1.165) is 18.7 Å². The molecule has 1 aliphatic rings. The van der Waals surface area contributed by atoms with Crippen molar-refractivity contribution in [3.63, 3.8) is 0 Å². The molecule has 0 amide bonds. The van der Waals surface area contributed by atoms with E-state index in [0.29, 0.717) is 0 Å². The van der Waals surface area contributed by atoms with Crippen molar-refractivity contribution in [3.05, 3.63) is 22.8 Å². The standard InChI is InChI=1S/C13H16ClF3N2O/c1-12(2)9(5-10(12)20-3)19-11-8(14)4-7(6-18-11)13(15,16)17/h4,6,9-10H,5H2,1-3H3,(H,18,19). The highest BCUT2D eigenvalue weighted by Crippen LogP contribution is 2.44. The topological polar surface area (TPSA) is 34.1 Å². The minimum Gasteiger partial charge on any atom is -0.381 e. The molecule has 1 N–H and O–H groups in total. The van der Waals surface area contributed by atoms with Crippen molar-refractivity contribution in [1.29, 1.82) is 0 Å². The Morgan fingerprint density at radius 1 is 1.45 bits per heavy atom. The fraction of sp³-hybridized carbons (Fsp3) is 0.615. The molecule has 2 rings (SSSR count). The van der Waals surface area contributed by atoms with Gasteiger partial charge in [-0.2, -0.15) is 13.2 Å². The molecule has 2 atom stereocenters. The number of halogens is 4. The molecule has 0 spiro atoms. The number of anilines is 1. The lowest BCUT2D eigenvalue weighted by Crippen LogP contribution is -2.57. The Bertz CT molecular complexity index is 505. The van der Waals surface area contributed by atoms with Gasteiger partial charge in [0.2, 0.25) is 0 Å². The molecule has 112 valence electrons. The van der Waals surface area contributed by atoms with Crippen molar-refractivity contribution in [3.8, 4) is 0 Å². The minimum absolute atomic E-state index is 0.0310. The highest BCUT2D eigenvalue weighted by molar-refractivity contribution is 6.33. The summed E-state index contributed by atoms with van der Waals surface area (Å²) in [5.74, 6) is 0.271. The van der Waals surface area contributed by atoms with Gasteiger partial charge < -0.3 is 10.1 Å². The maximum absolute atomic E-state index is 12.5. The first-order valence-electron chi connectivity index (χ1n) is 6.18. The van der Waals surface area contributed by atoms with E-state index in [2.05, 4.69) is 10.3 Å². The third-order valence-electron chi connectivity index (χ3n) is 3.94. The van der Waals surface area contributed by atoms with Crippen LogP contribution in [0.25, 0.3) is 0 Å². The van der Waals surface area contributed by atoms with Crippen LogP contribution in [0.5, 0.6) is 0 Å². The molecule has 1 aromatic rings. The van der Waals surface area contributed by atoms with Crippen molar-refractivity contribution >= 4 is 17.4 Å². The Labute approximate surface area is 120 Å². The summed E-state index contributed by atoms with van der Waals surface area (Å²) >= 11 is 5.87. The van der Waals surface area contributed by atoms with E-state index in [1.165, 1.54) is 0 Å². The van der Waals surface area contributed by atoms with Gasteiger partial charge in [0.05, 0.1) is 16.7 Å². The SMILES string of the molecule is COC1CC(Nc2ncc(C(F)(F)F)cc2Cl)C1(C)C. The van der Waals surface area contributed by atoms with E-state index in [-0.39, 0.29) is 28.4 Å². The Morgan fingerprint density at radius 3 is 2.55 bits per heavy atom. The number of aromatic nitrogens is 1. The number of nitrogens with one attached hydrogen (secondary N) is 1. The van der Waals surface area contributed by atoms with Crippen LogP contribution in [0.2, 0.25) is 5.02 Å². The van der Waals surface area contributed by atoms with Crippen LogP contribution < -0.4 is 5.32 Å². The van der Waals surface area contributed by atoms with Gasteiger partial charge >= 0.3 is 6.18 Å². The molecule has 1 heterocycles. The summed E-state index contributed by atoms with van der Waals surface area (Å²) in [6.45, 7) is 4.06. The van der Waals surface area contributed by atoms with Crippen molar-refractivity contribution in [2.75, 3.05) is 12.4 Å². The first-order valence-corrected chi connectivity index (χ1v) is 6.56. The van der Waals surface area contributed by atoms with Crippen LogP contribution >= 0.6 is 11.6 Å². The predicted molar refractivity (Wildman–Crippen MR) is 70.9 cm³/mol. The smallest absolute Gasteiger partial charge is 0.381 e. The number of methoxy groups -OCH3 is 1. The zero-order valence-electron chi connectivity index (χ0n) is 11.4. The summed E-state index contributed by atoms with van der Waals surface area (Å²) in [4.78, 5) is 3.78. The summed E-state index contributed by atoms with van der Waals surface area (Å²) in [6, 6.07) is 0.949. The number of pyridine rings is 1. The molecule has 0 aliphatic heterocycles. The average Bonchev–Trinajstić information content (AvgIpc) is 2.34. The molecule has 1 aliphatic carbocycles. The number of rotatable bonds is 3. The van der Waals surface area contributed by atoms with Crippen molar-refractivity contribution in [1.82, 2.24) is 4.98 Å². The van der Waals surface area contributed by atoms with Crippen molar-refractivity contribution in [2.45, 2.75) is 38.6 Å². The van der Waals surface area contributed by atoms with Crippen LogP contribution in [0.15, 0.2) is 12.3 Å². The van der Waals surface area contributed by atoms with Gasteiger partial charge in [0, 0.05) is 24.8 Å². The van der Waals surface area contributed by atoms with E-state index >= 15 is 0 Å². The third kappa shape index (κ3) is 2.72. The van der Waals surface area contributed by atoms with Crippen LogP contribution in [-0.2, 0) is 10.9 Å². The Morgan fingerprint density at radius 2 is 2.10 bits per heavy atom. The van der Waals surface area contributed by atoms with Crippen LogP contribution in [0, 0.1) is 5.41 Å². The molecule has 0 radical (unpaired) electrons. The van der Waals surface area contributed by atoms with Crippen LogP contribution in [0.3, 0.4) is 0 Å². The largest absolute Gasteiger partial charge is 0.417 e. The highest BCUT2D eigenvalue weighted by Gasteiger charge is 2.48. The fourth-order valence-electron chi connectivity index (χ4n) is 2.39. The van der Waals surface area contributed by atoms with Crippen LogP contribution in [0.4, 0.5) is 19.0 Å². The number of nitrogens with zero attached hydrogens (tertiary/aromatic N) is 1. The molecule has 20 heavy (non-hydrogen) atoms.